The third-order valence-electron chi connectivity index (χ3n) is 4.67. The fourth-order valence-corrected chi connectivity index (χ4v) is 3.10. The van der Waals surface area contributed by atoms with E-state index in [-0.39, 0.29) is 30.3 Å². The number of hydrogen-bond donors (Lipinski definition) is 1. The molecular formula is C21H22N2O5. The second-order valence-corrected chi connectivity index (χ2v) is 6.72. The lowest BCUT2D eigenvalue weighted by molar-refractivity contribution is -0.130. The van der Waals surface area contributed by atoms with Gasteiger partial charge in [0.15, 0.2) is 6.10 Å². The molecule has 146 valence electrons. The first-order chi connectivity index (χ1) is 13.4. The van der Waals surface area contributed by atoms with Gasteiger partial charge in [-0.2, -0.15) is 0 Å². The Labute approximate surface area is 163 Å². The summed E-state index contributed by atoms with van der Waals surface area (Å²) < 4.78 is 5.61. The zero-order valence-corrected chi connectivity index (χ0v) is 15.8. The summed E-state index contributed by atoms with van der Waals surface area (Å²) in [6.07, 6.45) is -0.410. The van der Waals surface area contributed by atoms with Crippen molar-refractivity contribution in [1.29, 1.82) is 0 Å². The number of aromatic carboxylic acids is 1. The summed E-state index contributed by atoms with van der Waals surface area (Å²) in [5.41, 5.74) is 1.71. The molecule has 0 saturated heterocycles. The van der Waals surface area contributed by atoms with Crippen LogP contribution < -0.4 is 9.64 Å². The van der Waals surface area contributed by atoms with Gasteiger partial charge in [0.1, 0.15) is 5.75 Å². The third-order valence-corrected chi connectivity index (χ3v) is 4.67. The molecule has 0 fully saturated rings. The lowest BCUT2D eigenvalue weighted by Gasteiger charge is -2.33. The van der Waals surface area contributed by atoms with Gasteiger partial charge in [0, 0.05) is 26.6 Å². The van der Waals surface area contributed by atoms with Crippen molar-refractivity contribution in [2.75, 3.05) is 18.5 Å². The Morgan fingerprint density at radius 3 is 2.50 bits per heavy atom. The van der Waals surface area contributed by atoms with Crippen LogP contribution >= 0.6 is 0 Å². The number of anilines is 1. The van der Waals surface area contributed by atoms with Gasteiger partial charge >= 0.3 is 5.97 Å². The number of para-hydroxylation sites is 2. The maximum atomic E-state index is 12.5. The first kappa shape index (κ1) is 19.4. The molecule has 7 heteroatoms. The van der Waals surface area contributed by atoms with Crippen molar-refractivity contribution in [3.05, 3.63) is 59.7 Å². The second kappa shape index (κ2) is 8.12. The quantitative estimate of drug-likeness (QED) is 0.830. The highest BCUT2D eigenvalue weighted by Crippen LogP contribution is 2.33. The topological polar surface area (TPSA) is 87.2 Å². The smallest absolute Gasteiger partial charge is 0.335 e. The highest BCUT2D eigenvalue weighted by atomic mass is 16.5. The van der Waals surface area contributed by atoms with Crippen molar-refractivity contribution in [3.8, 4) is 5.75 Å². The minimum absolute atomic E-state index is 0.105. The molecule has 7 nitrogen and oxygen atoms in total. The molecule has 1 N–H and O–H groups in total. The fraction of sp³-hybridized carbons (Fsp3) is 0.286. The minimum atomic E-state index is -0.985. The molecular weight excluding hydrogens is 360 g/mol. The van der Waals surface area contributed by atoms with Gasteiger partial charge in [-0.05, 0) is 36.8 Å². The van der Waals surface area contributed by atoms with E-state index >= 15 is 0 Å². The van der Waals surface area contributed by atoms with Crippen molar-refractivity contribution in [2.24, 2.45) is 0 Å². The average molecular weight is 382 g/mol. The highest BCUT2D eigenvalue weighted by Gasteiger charge is 2.31. The summed E-state index contributed by atoms with van der Waals surface area (Å²) in [5.74, 6) is -0.625. The average Bonchev–Trinajstić information content (AvgIpc) is 2.68. The lowest BCUT2D eigenvalue weighted by atomic mass is 10.1. The van der Waals surface area contributed by atoms with Gasteiger partial charge < -0.3 is 19.6 Å². The van der Waals surface area contributed by atoms with Crippen LogP contribution in [0.2, 0.25) is 0 Å². The Hall–Kier alpha value is -3.35. The molecule has 2 aromatic rings. The summed E-state index contributed by atoms with van der Waals surface area (Å²) in [6, 6.07) is 13.7. The van der Waals surface area contributed by atoms with Crippen LogP contribution in [0.25, 0.3) is 0 Å². The molecule has 0 saturated carbocycles. The number of nitrogens with zero attached hydrogens (tertiary/aromatic N) is 2. The highest BCUT2D eigenvalue weighted by molar-refractivity contribution is 6.00. The molecule has 0 unspecified atom stereocenters. The molecule has 28 heavy (non-hydrogen) atoms. The van der Waals surface area contributed by atoms with E-state index in [1.54, 1.807) is 48.0 Å². The summed E-state index contributed by atoms with van der Waals surface area (Å²) in [5, 5.41) is 8.94. The second-order valence-electron chi connectivity index (χ2n) is 6.72. The molecule has 1 atom stereocenters. The molecule has 0 aliphatic carbocycles. The molecule has 1 aliphatic heterocycles. The number of fused-ring (bicyclic) bond motifs is 1. The molecule has 2 aromatic carbocycles. The zero-order valence-electron chi connectivity index (χ0n) is 15.8. The van der Waals surface area contributed by atoms with E-state index < -0.39 is 12.1 Å². The van der Waals surface area contributed by atoms with Crippen LogP contribution in [0.3, 0.4) is 0 Å². The molecule has 1 aliphatic rings. The fourth-order valence-electron chi connectivity index (χ4n) is 3.10. The number of carbonyl (C=O) groups excluding carboxylic acids is 2. The Morgan fingerprint density at radius 1 is 1.14 bits per heavy atom. The van der Waals surface area contributed by atoms with E-state index in [1.165, 1.54) is 12.1 Å². The SMILES string of the molecule is C[C@H]1Oc2ccccc2N(CCC(=O)N(C)Cc2ccc(C(=O)O)cc2)C1=O. The van der Waals surface area contributed by atoms with E-state index in [4.69, 9.17) is 9.84 Å². The summed E-state index contributed by atoms with van der Waals surface area (Å²) in [6.45, 7) is 2.33. The van der Waals surface area contributed by atoms with Gasteiger partial charge in [0.25, 0.3) is 5.91 Å². The number of benzene rings is 2. The summed E-state index contributed by atoms with van der Waals surface area (Å²) in [4.78, 5) is 39.1. The van der Waals surface area contributed by atoms with Crippen molar-refractivity contribution in [3.63, 3.8) is 0 Å². The van der Waals surface area contributed by atoms with Gasteiger partial charge in [-0.15, -0.1) is 0 Å². The van der Waals surface area contributed by atoms with E-state index in [2.05, 4.69) is 0 Å². The molecule has 2 amide bonds. The van der Waals surface area contributed by atoms with Crippen LogP contribution in [-0.4, -0.2) is 47.5 Å². The molecule has 3 rings (SSSR count). The lowest BCUT2D eigenvalue weighted by Crippen LogP contribution is -2.45. The van der Waals surface area contributed by atoms with Crippen LogP contribution in [0.15, 0.2) is 48.5 Å². The predicted octanol–water partition coefficient (Wildman–Crippen LogP) is 2.55. The molecule has 0 bridgehead atoms. The van der Waals surface area contributed by atoms with Crippen molar-refractivity contribution >= 4 is 23.5 Å². The standard InChI is InChI=1S/C21H22N2O5/c1-14-20(25)23(17-5-3-4-6-18(17)28-14)12-11-19(24)22(2)13-15-7-9-16(10-8-15)21(26)27/h3-10,14H,11-13H2,1-2H3,(H,26,27)/t14-/m1/s1. The van der Waals surface area contributed by atoms with Gasteiger partial charge in [-0.25, -0.2) is 4.79 Å². The van der Waals surface area contributed by atoms with Crippen molar-refractivity contribution < 1.29 is 24.2 Å². The number of ether oxygens (including phenoxy) is 1. The number of hydrogen-bond acceptors (Lipinski definition) is 4. The van der Waals surface area contributed by atoms with E-state index in [0.717, 1.165) is 5.56 Å². The van der Waals surface area contributed by atoms with E-state index in [1.807, 2.05) is 12.1 Å². The summed E-state index contributed by atoms with van der Waals surface area (Å²) in [7, 11) is 1.69. The van der Waals surface area contributed by atoms with E-state index in [9.17, 15) is 14.4 Å². The van der Waals surface area contributed by atoms with Crippen LogP contribution in [-0.2, 0) is 16.1 Å². The van der Waals surface area contributed by atoms with Crippen molar-refractivity contribution in [1.82, 2.24) is 4.90 Å². The van der Waals surface area contributed by atoms with Crippen LogP contribution in [0, 0.1) is 0 Å². The Bertz CT molecular complexity index is 894. The van der Waals surface area contributed by atoms with Gasteiger partial charge in [0.2, 0.25) is 5.91 Å². The van der Waals surface area contributed by atoms with Gasteiger partial charge in [-0.1, -0.05) is 24.3 Å². The zero-order chi connectivity index (χ0) is 20.3. The van der Waals surface area contributed by atoms with Crippen molar-refractivity contribution in [2.45, 2.75) is 26.0 Å². The molecule has 0 spiro atoms. The van der Waals surface area contributed by atoms with E-state index in [0.29, 0.717) is 18.0 Å². The van der Waals surface area contributed by atoms with Crippen LogP contribution in [0.5, 0.6) is 5.75 Å². The molecule has 0 radical (unpaired) electrons. The largest absolute Gasteiger partial charge is 0.479 e. The van der Waals surface area contributed by atoms with Crippen LogP contribution in [0.1, 0.15) is 29.3 Å². The summed E-state index contributed by atoms with van der Waals surface area (Å²) >= 11 is 0. The maximum Gasteiger partial charge on any atom is 0.335 e. The monoisotopic (exact) mass is 382 g/mol. The first-order valence-electron chi connectivity index (χ1n) is 9.00. The predicted molar refractivity (Wildman–Crippen MR) is 103 cm³/mol. The van der Waals surface area contributed by atoms with Gasteiger partial charge in [-0.3, -0.25) is 9.59 Å². The number of amides is 2. The minimum Gasteiger partial charge on any atom is -0.479 e. The van der Waals surface area contributed by atoms with Gasteiger partial charge in [0.05, 0.1) is 11.3 Å². The number of carboxylic acids is 1. The Balaban J connectivity index is 1.61. The first-order valence-corrected chi connectivity index (χ1v) is 9.00. The number of carbonyl (C=O) groups is 3. The normalized spacial score (nSPS) is 15.6. The Kier molecular flexibility index (Phi) is 5.63. The van der Waals surface area contributed by atoms with Crippen LogP contribution in [0.4, 0.5) is 5.69 Å². The number of rotatable bonds is 6. The third kappa shape index (κ3) is 4.14. The maximum absolute atomic E-state index is 12.5. The molecule has 0 aromatic heterocycles. The molecule has 1 heterocycles. The number of carboxylic acid groups (broad SMARTS) is 1. The Morgan fingerprint density at radius 2 is 1.82 bits per heavy atom.